The van der Waals surface area contributed by atoms with Gasteiger partial charge in [0, 0.05) is 12.8 Å². The van der Waals surface area contributed by atoms with E-state index >= 15 is 0 Å². The molecule has 0 fully saturated rings. The number of allylic oxidation sites excluding steroid dienone is 32. The highest BCUT2D eigenvalue weighted by molar-refractivity contribution is 5.70. The summed E-state index contributed by atoms with van der Waals surface area (Å²) >= 11 is 0. The Morgan fingerprint density at radius 2 is 0.535 bits per heavy atom. The van der Waals surface area contributed by atoms with Gasteiger partial charge in [0.2, 0.25) is 0 Å². The van der Waals surface area contributed by atoms with Crippen LogP contribution >= 0.6 is 0 Å². The highest BCUT2D eigenvalue weighted by Gasteiger charge is 2.22. The largest absolute Gasteiger partial charge is 0.545 e. The van der Waals surface area contributed by atoms with E-state index in [2.05, 4.69) is 208 Å². The number of rotatable bonds is 73. The second kappa shape index (κ2) is 79.8. The first kappa shape index (κ1) is 95.1. The topological polar surface area (TPSA) is 111 Å². The molecule has 0 aliphatic carbocycles. The number of carbonyl (C=O) groups excluding carboxylic acids is 3. The fourth-order valence-corrected chi connectivity index (χ4v) is 10.7. The molecule has 9 heteroatoms. The summed E-state index contributed by atoms with van der Waals surface area (Å²) in [6, 6.07) is 0. The molecule has 0 aliphatic heterocycles. The van der Waals surface area contributed by atoms with E-state index in [0.29, 0.717) is 17.4 Å². The van der Waals surface area contributed by atoms with Crippen molar-refractivity contribution in [3.63, 3.8) is 0 Å². The lowest BCUT2D eigenvalue weighted by Gasteiger charge is -2.26. The molecule has 0 saturated heterocycles. The number of quaternary nitrogens is 1. The minimum atomic E-state index is -1.63. The van der Waals surface area contributed by atoms with Gasteiger partial charge in [0.25, 0.3) is 0 Å². The normalized spacial score (nSPS) is 13.7. The average Bonchev–Trinajstić information content (AvgIpc) is 1.21. The van der Waals surface area contributed by atoms with E-state index in [1.807, 2.05) is 21.1 Å². The number of carboxylic acid groups (broad SMARTS) is 1. The molecule has 0 saturated carbocycles. The fraction of sp³-hybridized carbons (Fsp3) is 0.620. The third kappa shape index (κ3) is 81.3. The van der Waals surface area contributed by atoms with Gasteiger partial charge in [-0.1, -0.05) is 350 Å². The second-order valence-corrected chi connectivity index (χ2v) is 27.6. The summed E-state index contributed by atoms with van der Waals surface area (Å²) in [5.41, 5.74) is 0. The van der Waals surface area contributed by atoms with E-state index < -0.39 is 24.3 Å². The van der Waals surface area contributed by atoms with Crippen molar-refractivity contribution in [2.24, 2.45) is 0 Å². The molecule has 0 radical (unpaired) electrons. The lowest BCUT2D eigenvalue weighted by atomic mass is 10.0. The third-order valence-corrected chi connectivity index (χ3v) is 16.8. The van der Waals surface area contributed by atoms with E-state index in [0.717, 1.165) is 148 Å². The zero-order valence-corrected chi connectivity index (χ0v) is 65.2. The number of nitrogens with zero attached hydrogens (tertiary/aromatic N) is 1. The van der Waals surface area contributed by atoms with Gasteiger partial charge in [0.1, 0.15) is 13.2 Å². The zero-order chi connectivity index (χ0) is 73.2. The molecule has 0 spiro atoms. The van der Waals surface area contributed by atoms with Gasteiger partial charge in [-0.2, -0.15) is 0 Å². The van der Waals surface area contributed by atoms with Crippen molar-refractivity contribution in [2.75, 3.05) is 47.5 Å². The molecule has 9 nitrogen and oxygen atoms in total. The van der Waals surface area contributed by atoms with Crippen molar-refractivity contribution in [1.29, 1.82) is 0 Å². The maximum absolute atomic E-state index is 13.0. The maximum atomic E-state index is 13.0. The lowest BCUT2D eigenvalue weighted by molar-refractivity contribution is -0.870. The van der Waals surface area contributed by atoms with E-state index in [4.69, 9.17) is 18.9 Å². The van der Waals surface area contributed by atoms with Crippen LogP contribution in [0.15, 0.2) is 194 Å². The number of carbonyl (C=O) groups is 3. The van der Waals surface area contributed by atoms with Gasteiger partial charge in [-0.25, -0.2) is 0 Å². The van der Waals surface area contributed by atoms with Crippen LogP contribution in [0.2, 0.25) is 0 Å². The van der Waals surface area contributed by atoms with Crippen LogP contribution in [0.4, 0.5) is 0 Å². The monoisotopic (exact) mass is 1400 g/mol. The Balaban J connectivity index is 4.10. The molecule has 0 N–H and O–H groups in total. The van der Waals surface area contributed by atoms with Gasteiger partial charge in [0.05, 0.1) is 40.3 Å². The first-order valence-electron chi connectivity index (χ1n) is 40.6. The predicted molar refractivity (Wildman–Crippen MR) is 434 cm³/mol. The Kier molecular flexibility index (Phi) is 75.2. The Morgan fingerprint density at radius 3 is 0.792 bits per heavy atom. The molecule has 101 heavy (non-hydrogen) atoms. The molecule has 570 valence electrons. The van der Waals surface area contributed by atoms with Crippen LogP contribution in [0.25, 0.3) is 0 Å². The highest BCUT2D eigenvalue weighted by Crippen LogP contribution is 2.17. The Hall–Kier alpha value is -5.87. The van der Waals surface area contributed by atoms with E-state index in [-0.39, 0.29) is 38.6 Å². The van der Waals surface area contributed by atoms with Crippen molar-refractivity contribution in [3.05, 3.63) is 194 Å². The summed E-state index contributed by atoms with van der Waals surface area (Å²) in [5.74, 6) is -2.29. The van der Waals surface area contributed by atoms with Crippen LogP contribution in [0.3, 0.4) is 0 Å². The van der Waals surface area contributed by atoms with Gasteiger partial charge in [-0.3, -0.25) is 9.59 Å². The molecular weight excluding hydrogens is 1250 g/mol. The van der Waals surface area contributed by atoms with Crippen LogP contribution in [-0.2, 0) is 33.3 Å². The molecule has 0 aliphatic rings. The van der Waals surface area contributed by atoms with Crippen molar-refractivity contribution in [2.45, 2.75) is 322 Å². The summed E-state index contributed by atoms with van der Waals surface area (Å²) in [7, 11) is 5.93. The number of esters is 2. The molecule has 0 aromatic rings. The number of hydrogen-bond donors (Lipinski definition) is 0. The number of hydrogen-bond acceptors (Lipinski definition) is 8. The molecule has 2 atom stereocenters. The number of unbranched alkanes of at least 4 members (excludes halogenated alkanes) is 26. The van der Waals surface area contributed by atoms with Crippen molar-refractivity contribution >= 4 is 17.9 Å². The smallest absolute Gasteiger partial charge is 0.306 e. The maximum Gasteiger partial charge on any atom is 0.306 e. The standard InChI is InChI=1S/C92H149NO8/c1-6-8-10-12-14-16-18-20-22-24-26-28-30-32-34-36-38-40-42-44-45-47-49-51-53-55-57-59-61-63-65-67-69-71-73-75-77-79-81-83-90(95)101-88(87-100-92(91(96)97)98-85-84-93(3,4)5)86-99-89(94)82-80-78-76-74-72-70-68-66-64-62-60-58-56-54-52-50-48-46-43-41-39-37-35-33-31-29-27-25-23-21-19-17-15-13-11-9-7-2/h8-11,14-17,20-23,26-29,32-35,38-41,44-46,48-49,51,55,57,88,92H,6-7,12-13,18-19,24-25,30-31,36-37,42-43,47,50,52-54,56,58-87H2,1-5H3/b10-8-,11-9-,16-14-,17-15-,22-20-,23-21-,28-26-,29-27-,34-32-,35-33-,40-38-,41-39-,45-44-,48-46-,51-49-,57-55-. The van der Waals surface area contributed by atoms with Crippen LogP contribution in [0.1, 0.15) is 309 Å². The zero-order valence-electron chi connectivity index (χ0n) is 65.2. The minimum Gasteiger partial charge on any atom is -0.545 e. The molecule has 0 aromatic heterocycles. The molecule has 0 bridgehead atoms. The Labute approximate surface area is 621 Å². The molecule has 2 unspecified atom stereocenters. The molecular formula is C92H149NO8. The van der Waals surface area contributed by atoms with Crippen LogP contribution < -0.4 is 5.11 Å². The molecule has 0 rings (SSSR count). The third-order valence-electron chi connectivity index (χ3n) is 16.8. The molecule has 0 aromatic carbocycles. The summed E-state index contributed by atoms with van der Waals surface area (Å²) in [6.45, 7) is 4.52. The van der Waals surface area contributed by atoms with E-state index in [1.54, 1.807) is 0 Å². The van der Waals surface area contributed by atoms with Gasteiger partial charge >= 0.3 is 11.9 Å². The number of likely N-dealkylation sites (N-methyl/N-ethyl adjacent to an activating group) is 1. The Morgan fingerprint density at radius 1 is 0.297 bits per heavy atom. The second-order valence-electron chi connectivity index (χ2n) is 27.6. The van der Waals surface area contributed by atoms with Gasteiger partial charge in [-0.15, -0.1) is 0 Å². The van der Waals surface area contributed by atoms with Gasteiger partial charge in [0.15, 0.2) is 12.4 Å². The van der Waals surface area contributed by atoms with Crippen LogP contribution in [0.5, 0.6) is 0 Å². The highest BCUT2D eigenvalue weighted by atomic mass is 16.7. The summed E-state index contributed by atoms with van der Waals surface area (Å²) in [5, 5.41) is 11.9. The van der Waals surface area contributed by atoms with Gasteiger partial charge in [-0.05, 0) is 141 Å². The van der Waals surface area contributed by atoms with Crippen LogP contribution in [-0.4, -0.2) is 82.3 Å². The minimum absolute atomic E-state index is 0.139. The molecule has 0 amide bonds. The van der Waals surface area contributed by atoms with E-state index in [1.165, 1.54) is 128 Å². The van der Waals surface area contributed by atoms with E-state index in [9.17, 15) is 19.5 Å². The van der Waals surface area contributed by atoms with Crippen LogP contribution in [0, 0.1) is 0 Å². The molecule has 0 heterocycles. The first-order chi connectivity index (χ1) is 49.6. The number of ether oxygens (including phenoxy) is 4. The summed E-state index contributed by atoms with van der Waals surface area (Å²) < 4.78 is 22.9. The summed E-state index contributed by atoms with van der Waals surface area (Å²) in [4.78, 5) is 37.6. The van der Waals surface area contributed by atoms with Crippen molar-refractivity contribution in [3.8, 4) is 0 Å². The predicted octanol–water partition coefficient (Wildman–Crippen LogP) is 25.1. The van der Waals surface area contributed by atoms with Crippen molar-refractivity contribution in [1.82, 2.24) is 0 Å². The quantitative estimate of drug-likeness (QED) is 0.0195. The summed E-state index contributed by atoms with van der Waals surface area (Å²) in [6.07, 6.45) is 120. The fourth-order valence-electron chi connectivity index (χ4n) is 10.7. The first-order valence-corrected chi connectivity index (χ1v) is 40.6. The number of carboxylic acids is 1. The Bertz CT molecular complexity index is 2380. The lowest BCUT2D eigenvalue weighted by Crippen LogP contribution is -2.44. The number of aliphatic carboxylic acids is 1. The SMILES string of the molecule is CC/C=C\C/C=C\C/C=C\C/C=C\C/C=C\C/C=C\C/C=C\C/C=C\C/C=C\CCCCCCCCCCCCCC(=O)OC(COC(=O)CCCCCCCCCCCCCCCCC/C=C\C/C=C\C/C=C\C/C=C\C/C=C\C/C=C\C/C=C\CC)COC(OCC[N+](C)(C)C)C(=O)[O-]. The average molecular weight is 1400 g/mol. The van der Waals surface area contributed by atoms with Gasteiger partial charge < -0.3 is 33.3 Å². The van der Waals surface area contributed by atoms with Crippen molar-refractivity contribution < 1.29 is 42.9 Å².